The molecule has 6 heteroatoms. The molecule has 112 valence electrons. The van der Waals surface area contributed by atoms with E-state index in [1.165, 1.54) is 9.75 Å². The maximum Gasteiger partial charge on any atom is 0.315 e. The van der Waals surface area contributed by atoms with E-state index in [1.54, 1.807) is 23.1 Å². The van der Waals surface area contributed by atoms with Crippen molar-refractivity contribution in [1.29, 1.82) is 0 Å². The van der Waals surface area contributed by atoms with Crippen LogP contribution in [0.3, 0.4) is 0 Å². The molecule has 0 bridgehead atoms. The lowest BCUT2D eigenvalue weighted by atomic mass is 10.0. The lowest BCUT2D eigenvalue weighted by Gasteiger charge is -2.22. The first-order chi connectivity index (χ1) is 9.47. The van der Waals surface area contributed by atoms with Crippen molar-refractivity contribution in [3.8, 4) is 0 Å². The first kappa shape index (κ1) is 15.7. The molecule has 1 aromatic heterocycles. The molecule has 2 atom stereocenters. The molecule has 20 heavy (non-hydrogen) atoms. The Hall–Kier alpha value is -0.720. The van der Waals surface area contributed by atoms with Gasteiger partial charge in [0.05, 0.1) is 5.60 Å². The molecule has 2 rings (SSSR count). The van der Waals surface area contributed by atoms with Crippen LogP contribution in [-0.2, 0) is 6.42 Å². The van der Waals surface area contributed by atoms with E-state index in [1.807, 2.05) is 6.92 Å². The van der Waals surface area contributed by atoms with Gasteiger partial charge in [0.25, 0.3) is 0 Å². The maximum absolute atomic E-state index is 11.8. The summed E-state index contributed by atoms with van der Waals surface area (Å²) in [7, 11) is 0. The van der Waals surface area contributed by atoms with Crippen LogP contribution in [0.25, 0.3) is 0 Å². The van der Waals surface area contributed by atoms with E-state index >= 15 is 0 Å². The van der Waals surface area contributed by atoms with Gasteiger partial charge in [-0.25, -0.2) is 4.79 Å². The van der Waals surface area contributed by atoms with Crippen molar-refractivity contribution in [3.63, 3.8) is 0 Å². The van der Waals surface area contributed by atoms with Crippen LogP contribution in [0.15, 0.2) is 12.1 Å². The minimum Gasteiger partial charge on any atom is -0.387 e. The lowest BCUT2D eigenvalue weighted by molar-refractivity contribution is 0.0699. The normalized spacial score (nSPS) is 23.6. The number of carbonyl (C=O) groups excluding carboxylic acids is 1. The molecule has 0 aromatic carbocycles. The fraction of sp³-hybridized carbons (Fsp3) is 0.643. The zero-order valence-corrected chi connectivity index (χ0v) is 13.6. The van der Waals surface area contributed by atoms with E-state index in [0.717, 1.165) is 18.6 Å². The Morgan fingerprint density at radius 1 is 1.55 bits per heavy atom. The monoisotopic (exact) mass is 314 g/mol. The summed E-state index contributed by atoms with van der Waals surface area (Å²) in [6.45, 7) is 4.41. The minimum absolute atomic E-state index is 0.0839. The van der Waals surface area contributed by atoms with E-state index in [0.29, 0.717) is 12.3 Å². The molecule has 1 aliphatic heterocycles. The van der Waals surface area contributed by atoms with E-state index in [4.69, 9.17) is 0 Å². The summed E-state index contributed by atoms with van der Waals surface area (Å²) in [6, 6.07) is 4.09. The molecule has 2 amide bonds. The van der Waals surface area contributed by atoms with Gasteiger partial charge in [-0.15, -0.1) is 11.3 Å². The third-order valence-electron chi connectivity index (χ3n) is 3.34. The second-order valence-electron chi connectivity index (χ2n) is 5.47. The van der Waals surface area contributed by atoms with Crippen molar-refractivity contribution in [2.45, 2.75) is 38.3 Å². The van der Waals surface area contributed by atoms with Crippen LogP contribution in [0.1, 0.15) is 23.1 Å². The standard InChI is InChI=1S/C14H22N2O2S2/c1-10(7-12-4-3-11(2)20-12)16-13(17)15-8-14(18)5-6-19-9-14/h3-4,10,18H,5-9H2,1-2H3,(H2,15,16,17)/t10-,14+/m0/s1. The summed E-state index contributed by atoms with van der Waals surface area (Å²) in [5.74, 6) is 1.67. The van der Waals surface area contributed by atoms with E-state index in [9.17, 15) is 9.90 Å². The molecule has 1 aromatic rings. The average Bonchev–Trinajstić information content (AvgIpc) is 2.97. The SMILES string of the molecule is Cc1ccc(C[C@H](C)NC(=O)NC[C@]2(O)CCSC2)s1. The number of hydrogen-bond acceptors (Lipinski definition) is 4. The van der Waals surface area contributed by atoms with E-state index < -0.39 is 5.60 Å². The number of rotatable bonds is 5. The fourth-order valence-corrected chi connectivity index (χ4v) is 4.52. The first-order valence-electron chi connectivity index (χ1n) is 6.87. The third-order valence-corrected chi connectivity index (χ3v) is 5.60. The summed E-state index contributed by atoms with van der Waals surface area (Å²) < 4.78 is 0. The molecule has 4 nitrogen and oxygen atoms in total. The van der Waals surface area contributed by atoms with Crippen LogP contribution >= 0.6 is 23.1 Å². The number of aryl methyl sites for hydroxylation is 1. The van der Waals surface area contributed by atoms with Crippen molar-refractivity contribution in [1.82, 2.24) is 10.6 Å². The van der Waals surface area contributed by atoms with Gasteiger partial charge in [0.15, 0.2) is 0 Å². The molecule has 0 spiro atoms. The number of nitrogens with one attached hydrogen (secondary N) is 2. The number of hydrogen-bond donors (Lipinski definition) is 3. The maximum atomic E-state index is 11.8. The fourth-order valence-electron chi connectivity index (χ4n) is 2.20. The van der Waals surface area contributed by atoms with Gasteiger partial charge < -0.3 is 15.7 Å². The van der Waals surface area contributed by atoms with Gasteiger partial charge >= 0.3 is 6.03 Å². The lowest BCUT2D eigenvalue weighted by Crippen LogP contribution is -2.48. The number of thiophene rings is 1. The van der Waals surface area contributed by atoms with Gasteiger partial charge in [0, 0.05) is 34.5 Å². The van der Waals surface area contributed by atoms with Crippen LogP contribution in [0.5, 0.6) is 0 Å². The summed E-state index contributed by atoms with van der Waals surface area (Å²) in [5.41, 5.74) is -0.726. The van der Waals surface area contributed by atoms with Crippen molar-refractivity contribution >= 4 is 29.1 Å². The quantitative estimate of drug-likeness (QED) is 0.780. The highest BCUT2D eigenvalue weighted by Gasteiger charge is 2.31. The van der Waals surface area contributed by atoms with Crippen molar-refractivity contribution in [3.05, 3.63) is 21.9 Å². The Balaban J connectivity index is 1.71. The Kier molecular flexibility index (Phi) is 5.35. The predicted octanol–water partition coefficient (Wildman–Crippen LogP) is 2.15. The van der Waals surface area contributed by atoms with Gasteiger partial charge in [-0.3, -0.25) is 0 Å². The number of carbonyl (C=O) groups is 1. The minimum atomic E-state index is -0.726. The van der Waals surface area contributed by atoms with Crippen LogP contribution in [-0.4, -0.2) is 40.8 Å². The van der Waals surface area contributed by atoms with E-state index in [-0.39, 0.29) is 12.1 Å². The number of urea groups is 1. The second kappa shape index (κ2) is 6.83. The van der Waals surface area contributed by atoms with Gasteiger partial charge in [0.1, 0.15) is 0 Å². The Morgan fingerprint density at radius 3 is 2.95 bits per heavy atom. The summed E-state index contributed by atoms with van der Waals surface area (Å²) in [4.78, 5) is 14.4. The molecule has 2 heterocycles. The molecule has 0 radical (unpaired) electrons. The van der Waals surface area contributed by atoms with Crippen LogP contribution < -0.4 is 10.6 Å². The molecule has 0 unspecified atom stereocenters. The Morgan fingerprint density at radius 2 is 2.35 bits per heavy atom. The Labute approximate surface area is 128 Å². The number of aliphatic hydroxyl groups is 1. The first-order valence-corrected chi connectivity index (χ1v) is 8.84. The van der Waals surface area contributed by atoms with E-state index in [2.05, 4.69) is 29.7 Å². The predicted molar refractivity (Wildman–Crippen MR) is 85.6 cm³/mol. The van der Waals surface area contributed by atoms with Gasteiger partial charge in [-0.2, -0.15) is 11.8 Å². The number of thioether (sulfide) groups is 1. The van der Waals surface area contributed by atoms with Crippen LogP contribution in [0.2, 0.25) is 0 Å². The van der Waals surface area contributed by atoms with Crippen molar-refractivity contribution < 1.29 is 9.90 Å². The van der Waals surface area contributed by atoms with Gasteiger partial charge in [-0.1, -0.05) is 0 Å². The summed E-state index contributed by atoms with van der Waals surface area (Å²) in [5, 5.41) is 15.8. The largest absolute Gasteiger partial charge is 0.387 e. The van der Waals surface area contributed by atoms with Crippen LogP contribution in [0.4, 0.5) is 4.79 Å². The molecule has 1 fully saturated rings. The summed E-state index contributed by atoms with van der Waals surface area (Å²) in [6.07, 6.45) is 1.59. The number of amides is 2. The second-order valence-corrected chi connectivity index (χ2v) is 7.95. The molecular formula is C14H22N2O2S2. The smallest absolute Gasteiger partial charge is 0.315 e. The van der Waals surface area contributed by atoms with Gasteiger partial charge in [-0.05, 0) is 38.2 Å². The Bertz CT molecular complexity index is 456. The van der Waals surface area contributed by atoms with Gasteiger partial charge in [0.2, 0.25) is 0 Å². The highest BCUT2D eigenvalue weighted by molar-refractivity contribution is 7.99. The molecular weight excluding hydrogens is 292 g/mol. The third kappa shape index (κ3) is 4.68. The summed E-state index contributed by atoms with van der Waals surface area (Å²) >= 11 is 3.49. The molecule has 3 N–H and O–H groups in total. The van der Waals surface area contributed by atoms with Crippen molar-refractivity contribution in [2.75, 3.05) is 18.1 Å². The highest BCUT2D eigenvalue weighted by atomic mass is 32.2. The molecule has 0 aliphatic carbocycles. The zero-order chi connectivity index (χ0) is 14.6. The highest BCUT2D eigenvalue weighted by Crippen LogP contribution is 2.26. The van der Waals surface area contributed by atoms with Crippen LogP contribution in [0, 0.1) is 6.92 Å². The average molecular weight is 314 g/mol. The molecule has 0 saturated carbocycles. The topological polar surface area (TPSA) is 61.4 Å². The molecule has 1 saturated heterocycles. The van der Waals surface area contributed by atoms with Crippen molar-refractivity contribution in [2.24, 2.45) is 0 Å². The molecule has 1 aliphatic rings. The zero-order valence-electron chi connectivity index (χ0n) is 11.9.